The number of anilines is 1. The Bertz CT molecular complexity index is 323. The van der Waals surface area contributed by atoms with Crippen molar-refractivity contribution in [1.82, 2.24) is 0 Å². The molecule has 0 bridgehead atoms. The first-order chi connectivity index (χ1) is 7.24. The van der Waals surface area contributed by atoms with E-state index in [4.69, 9.17) is 4.74 Å². The lowest BCUT2D eigenvalue weighted by Gasteiger charge is -2.08. The van der Waals surface area contributed by atoms with Gasteiger partial charge in [-0.15, -0.1) is 0 Å². The number of amides is 1. The number of hydrogen-bond acceptors (Lipinski definition) is 2. The van der Waals surface area contributed by atoms with Gasteiger partial charge in [-0.05, 0) is 25.0 Å². The van der Waals surface area contributed by atoms with Gasteiger partial charge in [-0.1, -0.05) is 31.5 Å². The van der Waals surface area contributed by atoms with E-state index < -0.39 is 6.09 Å². The van der Waals surface area contributed by atoms with Crippen molar-refractivity contribution in [2.75, 3.05) is 11.9 Å². The lowest BCUT2D eigenvalue weighted by Crippen LogP contribution is -2.14. The highest BCUT2D eigenvalue weighted by atomic mass is 16.5. The van der Waals surface area contributed by atoms with Crippen molar-refractivity contribution in [3.63, 3.8) is 0 Å². The second-order valence-corrected chi connectivity index (χ2v) is 3.27. The molecular formula is C12H16NO2. The summed E-state index contributed by atoms with van der Waals surface area (Å²) in [7, 11) is 0. The molecule has 0 saturated heterocycles. The van der Waals surface area contributed by atoms with Crippen molar-refractivity contribution in [1.29, 1.82) is 0 Å². The number of hydrogen-bond donors (Lipinski definition) is 1. The number of para-hydroxylation sites is 1. The lowest BCUT2D eigenvalue weighted by atomic mass is 10.2. The lowest BCUT2D eigenvalue weighted by molar-refractivity contribution is 0.160. The number of nitrogens with one attached hydrogen (secondary N) is 1. The van der Waals surface area contributed by atoms with Crippen LogP contribution < -0.4 is 5.32 Å². The van der Waals surface area contributed by atoms with Crippen LogP contribution in [0, 0.1) is 6.92 Å². The fourth-order valence-electron chi connectivity index (χ4n) is 1.10. The van der Waals surface area contributed by atoms with Crippen molar-refractivity contribution in [3.05, 3.63) is 36.8 Å². The van der Waals surface area contributed by atoms with Crippen LogP contribution >= 0.6 is 0 Å². The Hall–Kier alpha value is -1.51. The molecule has 0 aromatic heterocycles. The first kappa shape index (κ1) is 11.6. The SMILES string of the molecule is [CH2]c1ccccc1NC(=O)OCCCC. The standard InChI is InChI=1S/C12H16NO2/c1-3-4-9-15-12(14)13-11-8-6-5-7-10(11)2/h5-8H,2-4,9H2,1H3,(H,13,14). The van der Waals surface area contributed by atoms with Crippen molar-refractivity contribution in [2.45, 2.75) is 19.8 Å². The Morgan fingerprint density at radius 3 is 2.87 bits per heavy atom. The van der Waals surface area contributed by atoms with Crippen molar-refractivity contribution in [2.24, 2.45) is 0 Å². The molecule has 0 saturated carbocycles. The third-order valence-corrected chi connectivity index (χ3v) is 1.99. The molecule has 0 aliphatic heterocycles. The van der Waals surface area contributed by atoms with E-state index >= 15 is 0 Å². The normalized spacial score (nSPS) is 9.73. The summed E-state index contributed by atoms with van der Waals surface area (Å²) in [6, 6.07) is 7.34. The monoisotopic (exact) mass is 206 g/mol. The van der Waals surface area contributed by atoms with Crippen LogP contribution in [0.1, 0.15) is 25.3 Å². The summed E-state index contributed by atoms with van der Waals surface area (Å²) in [6.07, 6.45) is 1.48. The Balaban J connectivity index is 2.41. The average Bonchev–Trinajstić information content (AvgIpc) is 2.22. The Morgan fingerprint density at radius 1 is 1.47 bits per heavy atom. The molecule has 0 spiro atoms. The third kappa shape index (κ3) is 4.02. The number of rotatable bonds is 4. The van der Waals surface area contributed by atoms with E-state index in [1.54, 1.807) is 6.07 Å². The van der Waals surface area contributed by atoms with Gasteiger partial charge in [0.25, 0.3) is 0 Å². The number of carbonyl (C=O) groups is 1. The fraction of sp³-hybridized carbons (Fsp3) is 0.333. The molecule has 1 radical (unpaired) electrons. The quantitative estimate of drug-likeness (QED) is 0.768. The maximum absolute atomic E-state index is 11.3. The number of ether oxygens (including phenoxy) is 1. The van der Waals surface area contributed by atoms with Gasteiger partial charge < -0.3 is 4.74 Å². The van der Waals surface area contributed by atoms with E-state index in [1.165, 1.54) is 0 Å². The highest BCUT2D eigenvalue weighted by Crippen LogP contribution is 2.13. The molecule has 0 atom stereocenters. The smallest absolute Gasteiger partial charge is 0.411 e. The highest BCUT2D eigenvalue weighted by molar-refractivity contribution is 5.85. The molecule has 3 nitrogen and oxygen atoms in total. The molecule has 15 heavy (non-hydrogen) atoms. The summed E-state index contributed by atoms with van der Waals surface area (Å²) in [4.78, 5) is 11.3. The van der Waals surface area contributed by atoms with Crippen LogP contribution in [0.2, 0.25) is 0 Å². The van der Waals surface area contributed by atoms with E-state index in [-0.39, 0.29) is 0 Å². The topological polar surface area (TPSA) is 38.3 Å². The van der Waals surface area contributed by atoms with Gasteiger partial charge in [0.2, 0.25) is 0 Å². The summed E-state index contributed by atoms with van der Waals surface area (Å²) in [5, 5.41) is 2.65. The van der Waals surface area contributed by atoms with Gasteiger partial charge in [0.05, 0.1) is 6.61 Å². The molecular weight excluding hydrogens is 190 g/mol. The predicted molar refractivity (Wildman–Crippen MR) is 60.8 cm³/mol. The van der Waals surface area contributed by atoms with Crippen molar-refractivity contribution >= 4 is 11.8 Å². The summed E-state index contributed by atoms with van der Waals surface area (Å²) in [5.74, 6) is 0. The molecule has 1 aromatic rings. The number of benzene rings is 1. The second-order valence-electron chi connectivity index (χ2n) is 3.27. The van der Waals surface area contributed by atoms with Crippen molar-refractivity contribution in [3.8, 4) is 0 Å². The minimum absolute atomic E-state index is 0.417. The van der Waals surface area contributed by atoms with E-state index in [1.807, 2.05) is 25.1 Å². The maximum atomic E-state index is 11.3. The van der Waals surface area contributed by atoms with E-state index in [2.05, 4.69) is 12.2 Å². The Labute approximate surface area is 90.4 Å². The molecule has 0 aliphatic rings. The fourth-order valence-corrected chi connectivity index (χ4v) is 1.10. The molecule has 3 heteroatoms. The van der Waals surface area contributed by atoms with Crippen LogP contribution in [0.15, 0.2) is 24.3 Å². The molecule has 81 valence electrons. The van der Waals surface area contributed by atoms with E-state index in [0.29, 0.717) is 12.3 Å². The van der Waals surface area contributed by atoms with Crippen LogP contribution in [0.5, 0.6) is 0 Å². The van der Waals surface area contributed by atoms with Crippen LogP contribution in [0.3, 0.4) is 0 Å². The van der Waals surface area contributed by atoms with Gasteiger partial charge in [0, 0.05) is 5.69 Å². The van der Waals surface area contributed by atoms with E-state index in [0.717, 1.165) is 18.4 Å². The van der Waals surface area contributed by atoms with Crippen LogP contribution in [0.25, 0.3) is 0 Å². The summed E-state index contributed by atoms with van der Waals surface area (Å²) in [5.41, 5.74) is 1.48. The van der Waals surface area contributed by atoms with Gasteiger partial charge in [0.1, 0.15) is 0 Å². The number of unbranched alkanes of at least 4 members (excludes halogenated alkanes) is 1. The summed E-state index contributed by atoms with van der Waals surface area (Å²) >= 11 is 0. The van der Waals surface area contributed by atoms with Crippen LogP contribution in [-0.4, -0.2) is 12.7 Å². The van der Waals surface area contributed by atoms with Gasteiger partial charge in [0.15, 0.2) is 0 Å². The molecule has 0 fully saturated rings. The average molecular weight is 206 g/mol. The molecule has 0 heterocycles. The first-order valence-electron chi connectivity index (χ1n) is 5.08. The number of carbonyl (C=O) groups excluding carboxylic acids is 1. The predicted octanol–water partition coefficient (Wildman–Crippen LogP) is 3.22. The molecule has 0 unspecified atom stereocenters. The molecule has 0 aliphatic carbocycles. The highest BCUT2D eigenvalue weighted by Gasteiger charge is 2.03. The largest absolute Gasteiger partial charge is 0.449 e. The van der Waals surface area contributed by atoms with Crippen LogP contribution in [-0.2, 0) is 4.74 Å². The van der Waals surface area contributed by atoms with Gasteiger partial charge in [-0.25, -0.2) is 4.79 Å². The second kappa shape index (κ2) is 6.06. The summed E-state index contributed by atoms with van der Waals surface area (Å²) in [6.45, 7) is 6.31. The third-order valence-electron chi connectivity index (χ3n) is 1.99. The van der Waals surface area contributed by atoms with Gasteiger partial charge >= 0.3 is 6.09 Å². The molecule has 1 amide bonds. The Kier molecular flexibility index (Phi) is 4.68. The molecule has 1 N–H and O–H groups in total. The molecule has 1 aromatic carbocycles. The maximum Gasteiger partial charge on any atom is 0.411 e. The van der Waals surface area contributed by atoms with Gasteiger partial charge in [-0.2, -0.15) is 0 Å². The van der Waals surface area contributed by atoms with Gasteiger partial charge in [-0.3, -0.25) is 5.32 Å². The molecule has 1 rings (SSSR count). The zero-order chi connectivity index (χ0) is 11.1. The minimum atomic E-state index is -0.417. The Morgan fingerprint density at radius 2 is 2.20 bits per heavy atom. The zero-order valence-electron chi connectivity index (χ0n) is 8.95. The minimum Gasteiger partial charge on any atom is -0.449 e. The van der Waals surface area contributed by atoms with E-state index in [9.17, 15) is 4.79 Å². The zero-order valence-corrected chi connectivity index (χ0v) is 8.95. The van der Waals surface area contributed by atoms with Crippen LogP contribution in [0.4, 0.5) is 10.5 Å². The first-order valence-corrected chi connectivity index (χ1v) is 5.08. The van der Waals surface area contributed by atoms with Crippen molar-refractivity contribution < 1.29 is 9.53 Å². The summed E-state index contributed by atoms with van der Waals surface area (Å²) < 4.78 is 4.96.